The van der Waals surface area contributed by atoms with Crippen molar-refractivity contribution in [3.8, 4) is 0 Å². The molecule has 1 aliphatic heterocycles. The Morgan fingerprint density at radius 3 is 2.63 bits per heavy atom. The van der Waals surface area contributed by atoms with E-state index in [1.165, 1.54) is 6.92 Å². The molecule has 0 saturated carbocycles. The molecule has 0 bridgehead atoms. The SMILES string of the molecule is C[C@@H](CCC1=N[C@H](c2ccccc2)CO1)C(F)(F)F. The van der Waals surface area contributed by atoms with Gasteiger partial charge in [-0.3, -0.25) is 0 Å². The second kappa shape index (κ2) is 5.63. The highest BCUT2D eigenvalue weighted by Gasteiger charge is 2.36. The van der Waals surface area contributed by atoms with Gasteiger partial charge in [0.05, 0.1) is 5.92 Å². The van der Waals surface area contributed by atoms with E-state index >= 15 is 0 Å². The zero-order valence-corrected chi connectivity index (χ0v) is 10.7. The molecule has 0 aromatic heterocycles. The second-order valence-corrected chi connectivity index (χ2v) is 4.74. The average Bonchev–Trinajstić information content (AvgIpc) is 2.84. The lowest BCUT2D eigenvalue weighted by atomic mass is 10.1. The van der Waals surface area contributed by atoms with E-state index in [1.54, 1.807) is 0 Å². The Labute approximate surface area is 110 Å². The maximum Gasteiger partial charge on any atom is 0.391 e. The molecule has 5 heteroatoms. The van der Waals surface area contributed by atoms with Gasteiger partial charge in [0.15, 0.2) is 5.90 Å². The monoisotopic (exact) mass is 271 g/mol. The minimum Gasteiger partial charge on any atom is -0.478 e. The molecule has 0 N–H and O–H groups in total. The van der Waals surface area contributed by atoms with Gasteiger partial charge in [-0.2, -0.15) is 13.2 Å². The Balaban J connectivity index is 1.90. The van der Waals surface area contributed by atoms with Crippen LogP contribution in [0.2, 0.25) is 0 Å². The van der Waals surface area contributed by atoms with Crippen LogP contribution >= 0.6 is 0 Å². The van der Waals surface area contributed by atoms with Gasteiger partial charge in [-0.25, -0.2) is 4.99 Å². The second-order valence-electron chi connectivity index (χ2n) is 4.74. The molecule has 1 heterocycles. The number of benzene rings is 1. The molecule has 1 aromatic carbocycles. The van der Waals surface area contributed by atoms with E-state index in [9.17, 15) is 13.2 Å². The van der Waals surface area contributed by atoms with Crippen LogP contribution < -0.4 is 0 Å². The van der Waals surface area contributed by atoms with Gasteiger partial charge in [-0.15, -0.1) is 0 Å². The van der Waals surface area contributed by atoms with Crippen molar-refractivity contribution in [2.24, 2.45) is 10.9 Å². The molecule has 0 fully saturated rings. The fourth-order valence-corrected chi connectivity index (χ4v) is 1.91. The molecule has 19 heavy (non-hydrogen) atoms. The number of nitrogens with zero attached hydrogens (tertiary/aromatic N) is 1. The van der Waals surface area contributed by atoms with Crippen molar-refractivity contribution in [1.82, 2.24) is 0 Å². The standard InChI is InChI=1S/C14H16F3NO/c1-10(14(15,16)17)7-8-13-18-12(9-19-13)11-5-3-2-4-6-11/h2-6,10,12H,7-9H2,1H3/t10-,12-/m0/s1. The molecule has 2 rings (SSSR count). The molecule has 104 valence electrons. The lowest BCUT2D eigenvalue weighted by molar-refractivity contribution is -0.170. The van der Waals surface area contributed by atoms with Crippen molar-refractivity contribution in [3.05, 3.63) is 35.9 Å². The molecule has 2 nitrogen and oxygen atoms in total. The first-order chi connectivity index (χ1) is 8.97. The first-order valence-corrected chi connectivity index (χ1v) is 6.28. The van der Waals surface area contributed by atoms with Gasteiger partial charge < -0.3 is 4.74 Å². The Hall–Kier alpha value is -1.52. The summed E-state index contributed by atoms with van der Waals surface area (Å²) in [6.45, 7) is 1.60. The van der Waals surface area contributed by atoms with Gasteiger partial charge >= 0.3 is 6.18 Å². The van der Waals surface area contributed by atoms with Crippen molar-refractivity contribution in [2.75, 3.05) is 6.61 Å². The predicted octanol–water partition coefficient (Wildman–Crippen LogP) is 4.14. The van der Waals surface area contributed by atoms with Crippen LogP contribution in [0.15, 0.2) is 35.3 Å². The molecule has 0 amide bonds. The van der Waals surface area contributed by atoms with E-state index < -0.39 is 12.1 Å². The summed E-state index contributed by atoms with van der Waals surface area (Å²) in [5, 5.41) is 0. The summed E-state index contributed by atoms with van der Waals surface area (Å²) in [5.74, 6) is -0.889. The largest absolute Gasteiger partial charge is 0.478 e. The zero-order chi connectivity index (χ0) is 13.9. The first kappa shape index (κ1) is 13.9. The number of alkyl halides is 3. The van der Waals surface area contributed by atoms with Crippen molar-refractivity contribution in [2.45, 2.75) is 32.0 Å². The summed E-state index contributed by atoms with van der Waals surface area (Å²) in [4.78, 5) is 4.34. The highest BCUT2D eigenvalue weighted by molar-refractivity contribution is 5.77. The van der Waals surface area contributed by atoms with Crippen molar-refractivity contribution in [1.29, 1.82) is 0 Å². The normalized spacial score (nSPS) is 20.8. The number of hydrogen-bond acceptors (Lipinski definition) is 2. The van der Waals surface area contributed by atoms with E-state index in [4.69, 9.17) is 4.74 Å². The molecular formula is C14H16F3NO. The fraction of sp³-hybridized carbons (Fsp3) is 0.500. The minimum atomic E-state index is -4.14. The first-order valence-electron chi connectivity index (χ1n) is 6.28. The van der Waals surface area contributed by atoms with Gasteiger partial charge in [-0.1, -0.05) is 37.3 Å². The Kier molecular flexibility index (Phi) is 4.12. The predicted molar refractivity (Wildman–Crippen MR) is 67.0 cm³/mol. The van der Waals surface area contributed by atoms with E-state index in [2.05, 4.69) is 4.99 Å². The van der Waals surface area contributed by atoms with Gasteiger partial charge in [-0.05, 0) is 12.0 Å². The van der Waals surface area contributed by atoms with Crippen LogP contribution in [0.4, 0.5) is 13.2 Å². The topological polar surface area (TPSA) is 21.6 Å². The lowest BCUT2D eigenvalue weighted by Gasteiger charge is -2.14. The fourth-order valence-electron chi connectivity index (χ4n) is 1.91. The Morgan fingerprint density at radius 2 is 2.00 bits per heavy atom. The summed E-state index contributed by atoms with van der Waals surface area (Å²) in [6, 6.07) is 9.53. The maximum absolute atomic E-state index is 12.4. The number of rotatable bonds is 4. The number of halogens is 3. The van der Waals surface area contributed by atoms with Crippen LogP contribution in [0.3, 0.4) is 0 Å². The summed E-state index contributed by atoms with van der Waals surface area (Å²) < 4.78 is 42.5. The highest BCUT2D eigenvalue weighted by Crippen LogP contribution is 2.30. The summed E-state index contributed by atoms with van der Waals surface area (Å²) >= 11 is 0. The van der Waals surface area contributed by atoms with Gasteiger partial charge in [0, 0.05) is 6.42 Å². The zero-order valence-electron chi connectivity index (χ0n) is 10.7. The van der Waals surface area contributed by atoms with Crippen molar-refractivity contribution >= 4 is 5.90 Å². The number of hydrogen-bond donors (Lipinski definition) is 0. The summed E-state index contributed by atoms with van der Waals surface area (Å²) in [7, 11) is 0. The molecule has 0 aliphatic carbocycles. The van der Waals surface area contributed by atoms with Crippen LogP contribution in [0, 0.1) is 5.92 Å². The molecule has 0 unspecified atom stereocenters. The number of aliphatic imine (C=N–C) groups is 1. The number of ether oxygens (including phenoxy) is 1. The highest BCUT2D eigenvalue weighted by atomic mass is 19.4. The van der Waals surface area contributed by atoms with Gasteiger partial charge in [0.25, 0.3) is 0 Å². The van der Waals surface area contributed by atoms with E-state index in [0.29, 0.717) is 12.5 Å². The Morgan fingerprint density at radius 1 is 1.32 bits per heavy atom. The molecule has 1 aliphatic rings. The van der Waals surface area contributed by atoms with E-state index in [-0.39, 0.29) is 18.9 Å². The van der Waals surface area contributed by atoms with Gasteiger partial charge in [0.2, 0.25) is 0 Å². The summed E-state index contributed by atoms with van der Waals surface area (Å²) in [5.41, 5.74) is 1.03. The lowest BCUT2D eigenvalue weighted by Crippen LogP contribution is -2.20. The van der Waals surface area contributed by atoms with Crippen LogP contribution in [0.25, 0.3) is 0 Å². The quantitative estimate of drug-likeness (QED) is 0.806. The third-order valence-electron chi connectivity index (χ3n) is 3.24. The molecule has 0 spiro atoms. The molecule has 0 radical (unpaired) electrons. The molecule has 0 saturated heterocycles. The Bertz CT molecular complexity index is 442. The molecular weight excluding hydrogens is 255 g/mol. The van der Waals surface area contributed by atoms with Crippen molar-refractivity contribution < 1.29 is 17.9 Å². The molecule has 2 atom stereocenters. The summed E-state index contributed by atoms with van der Waals surface area (Å²) in [6.07, 6.45) is -3.88. The van der Waals surface area contributed by atoms with Crippen LogP contribution in [-0.4, -0.2) is 18.7 Å². The third kappa shape index (κ3) is 3.72. The van der Waals surface area contributed by atoms with Crippen LogP contribution in [0.5, 0.6) is 0 Å². The van der Waals surface area contributed by atoms with E-state index in [0.717, 1.165) is 5.56 Å². The third-order valence-corrected chi connectivity index (χ3v) is 3.24. The smallest absolute Gasteiger partial charge is 0.391 e. The van der Waals surface area contributed by atoms with Crippen LogP contribution in [0.1, 0.15) is 31.4 Å². The van der Waals surface area contributed by atoms with Crippen LogP contribution in [-0.2, 0) is 4.74 Å². The van der Waals surface area contributed by atoms with Gasteiger partial charge in [0.1, 0.15) is 12.6 Å². The van der Waals surface area contributed by atoms with E-state index in [1.807, 2.05) is 30.3 Å². The van der Waals surface area contributed by atoms with Crippen molar-refractivity contribution in [3.63, 3.8) is 0 Å². The minimum absolute atomic E-state index is 0.0177. The molecule has 1 aromatic rings. The maximum atomic E-state index is 12.4. The average molecular weight is 271 g/mol.